The van der Waals surface area contributed by atoms with Crippen LogP contribution in [0, 0.1) is 10.1 Å². The molecule has 76 valence electrons. The molecule has 0 aliphatic heterocycles. The molecule has 0 heterocycles. The van der Waals surface area contributed by atoms with Gasteiger partial charge in [-0.1, -0.05) is 23.7 Å². The summed E-state index contributed by atoms with van der Waals surface area (Å²) in [6.07, 6.45) is 0. The largest absolute Gasteiger partial charge is 0.306 e. The summed E-state index contributed by atoms with van der Waals surface area (Å²) < 4.78 is 0. The number of alkyl halides is 2. The van der Waals surface area contributed by atoms with E-state index in [0.717, 1.165) is 0 Å². The minimum absolute atomic E-state index is 0.546. The summed E-state index contributed by atoms with van der Waals surface area (Å²) in [7, 11) is 0. The molecule has 0 aliphatic carbocycles. The Kier molecular flexibility index (Phi) is 3.98. The summed E-state index contributed by atoms with van der Waals surface area (Å²) in [4.78, 5) is 9.71. The second-order valence-electron chi connectivity index (χ2n) is 2.61. The van der Waals surface area contributed by atoms with Crippen LogP contribution in [0.15, 0.2) is 24.3 Å². The highest BCUT2D eigenvalue weighted by molar-refractivity contribution is 6.31. The average Bonchev–Trinajstić information content (AvgIpc) is 2.16. The first-order chi connectivity index (χ1) is 6.52. The average molecular weight is 255 g/mol. The highest BCUT2D eigenvalue weighted by Crippen LogP contribution is 2.28. The Hall–Kier alpha value is -0.510. The zero-order chi connectivity index (χ0) is 10.7. The van der Waals surface area contributed by atoms with Crippen molar-refractivity contribution in [2.75, 3.05) is 0 Å². The topological polar surface area (TPSA) is 43.1 Å². The van der Waals surface area contributed by atoms with Crippen LogP contribution in [0.5, 0.6) is 0 Å². The highest BCUT2D eigenvalue weighted by atomic mass is 35.5. The van der Waals surface area contributed by atoms with Gasteiger partial charge in [0.1, 0.15) is 5.38 Å². The normalized spacial score (nSPS) is 14.8. The fraction of sp³-hybridized carbons (Fsp3) is 0.250. The van der Waals surface area contributed by atoms with Crippen molar-refractivity contribution in [1.29, 1.82) is 0 Å². The standard InChI is InChI=1S/C8H6Cl3NO2/c9-6-3-1-5(2-4-6)7(10)8(11)12(13)14/h1-4,7-8H/t7-,8+/m0/s1. The van der Waals surface area contributed by atoms with E-state index in [1.165, 1.54) is 0 Å². The van der Waals surface area contributed by atoms with Crippen molar-refractivity contribution in [3.8, 4) is 0 Å². The van der Waals surface area contributed by atoms with E-state index < -0.39 is 15.8 Å². The van der Waals surface area contributed by atoms with Crippen molar-refractivity contribution in [3.63, 3.8) is 0 Å². The fourth-order valence-corrected chi connectivity index (χ4v) is 1.42. The summed E-state index contributed by atoms with van der Waals surface area (Å²) in [5, 5.41) is 10.0. The van der Waals surface area contributed by atoms with Crippen LogP contribution in [0.4, 0.5) is 0 Å². The number of hydrogen-bond donors (Lipinski definition) is 0. The summed E-state index contributed by atoms with van der Waals surface area (Å²) >= 11 is 16.9. The minimum Gasteiger partial charge on any atom is -0.263 e. The summed E-state index contributed by atoms with van der Waals surface area (Å²) in [6.45, 7) is 0. The van der Waals surface area contributed by atoms with Gasteiger partial charge in [0.2, 0.25) is 0 Å². The van der Waals surface area contributed by atoms with E-state index in [1.54, 1.807) is 24.3 Å². The maximum absolute atomic E-state index is 10.3. The van der Waals surface area contributed by atoms with Gasteiger partial charge in [0.15, 0.2) is 0 Å². The van der Waals surface area contributed by atoms with Crippen LogP contribution >= 0.6 is 34.8 Å². The van der Waals surface area contributed by atoms with Crippen molar-refractivity contribution in [2.45, 2.75) is 10.9 Å². The molecule has 0 bridgehead atoms. The van der Waals surface area contributed by atoms with Crippen LogP contribution in [-0.2, 0) is 0 Å². The molecule has 3 nitrogen and oxygen atoms in total. The van der Waals surface area contributed by atoms with E-state index in [1.807, 2.05) is 0 Å². The van der Waals surface area contributed by atoms with E-state index in [2.05, 4.69) is 0 Å². The molecule has 6 heteroatoms. The van der Waals surface area contributed by atoms with E-state index >= 15 is 0 Å². The van der Waals surface area contributed by atoms with Crippen LogP contribution in [0.2, 0.25) is 5.02 Å². The molecule has 0 aromatic heterocycles. The minimum atomic E-state index is -1.34. The lowest BCUT2D eigenvalue weighted by Crippen LogP contribution is -2.17. The molecule has 1 aromatic rings. The molecule has 0 amide bonds. The van der Waals surface area contributed by atoms with Gasteiger partial charge in [-0.3, -0.25) is 10.1 Å². The quantitative estimate of drug-likeness (QED) is 0.359. The Balaban J connectivity index is 2.84. The van der Waals surface area contributed by atoms with Gasteiger partial charge < -0.3 is 0 Å². The first-order valence-electron chi connectivity index (χ1n) is 3.69. The van der Waals surface area contributed by atoms with Crippen LogP contribution in [0.3, 0.4) is 0 Å². The van der Waals surface area contributed by atoms with Crippen LogP contribution < -0.4 is 0 Å². The zero-order valence-electron chi connectivity index (χ0n) is 6.86. The van der Waals surface area contributed by atoms with Gasteiger partial charge in [-0.05, 0) is 29.3 Å². The molecule has 0 N–H and O–H groups in total. The van der Waals surface area contributed by atoms with Gasteiger partial charge in [0.05, 0.1) is 0 Å². The van der Waals surface area contributed by atoms with Gasteiger partial charge in [0, 0.05) is 9.95 Å². The zero-order valence-corrected chi connectivity index (χ0v) is 9.13. The van der Waals surface area contributed by atoms with Gasteiger partial charge in [-0.15, -0.1) is 11.6 Å². The molecule has 1 aromatic carbocycles. The summed E-state index contributed by atoms with van der Waals surface area (Å²) in [5.74, 6) is 0. The molecule has 2 atom stereocenters. The molecule has 0 fully saturated rings. The Bertz CT molecular complexity index is 328. The monoisotopic (exact) mass is 253 g/mol. The predicted octanol–water partition coefficient (Wildman–Crippen LogP) is 3.46. The summed E-state index contributed by atoms with van der Waals surface area (Å²) in [6, 6.07) is 6.43. The number of hydrogen-bond acceptors (Lipinski definition) is 2. The molecule has 1 rings (SSSR count). The molecule has 0 aliphatic rings. The molecular formula is C8H6Cl3NO2. The lowest BCUT2D eigenvalue weighted by molar-refractivity contribution is -0.498. The number of rotatable bonds is 3. The van der Waals surface area contributed by atoms with Crippen molar-refractivity contribution in [2.24, 2.45) is 0 Å². The first kappa shape index (κ1) is 11.6. The van der Waals surface area contributed by atoms with E-state index in [4.69, 9.17) is 34.8 Å². The van der Waals surface area contributed by atoms with E-state index in [9.17, 15) is 10.1 Å². The van der Waals surface area contributed by atoms with Gasteiger partial charge >= 0.3 is 5.50 Å². The second kappa shape index (κ2) is 4.82. The van der Waals surface area contributed by atoms with Crippen molar-refractivity contribution >= 4 is 34.8 Å². The number of halogens is 3. The smallest absolute Gasteiger partial charge is 0.263 e. The maximum atomic E-state index is 10.3. The third-order valence-corrected chi connectivity index (χ3v) is 2.91. The summed E-state index contributed by atoms with van der Waals surface area (Å²) in [5.41, 5.74) is -0.759. The van der Waals surface area contributed by atoms with Crippen molar-refractivity contribution < 1.29 is 4.92 Å². The molecule has 0 radical (unpaired) electrons. The molecule has 0 unspecified atom stereocenters. The molecule has 0 saturated carbocycles. The third-order valence-electron chi connectivity index (χ3n) is 1.63. The molecule has 14 heavy (non-hydrogen) atoms. The lowest BCUT2D eigenvalue weighted by atomic mass is 10.1. The third kappa shape index (κ3) is 2.74. The fourth-order valence-electron chi connectivity index (χ4n) is 0.912. The highest BCUT2D eigenvalue weighted by Gasteiger charge is 2.28. The Morgan fingerprint density at radius 3 is 2.14 bits per heavy atom. The van der Waals surface area contributed by atoms with E-state index in [0.29, 0.717) is 10.6 Å². The van der Waals surface area contributed by atoms with Gasteiger partial charge in [-0.25, -0.2) is 0 Å². The Labute approximate surface area is 95.7 Å². The van der Waals surface area contributed by atoms with Gasteiger partial charge in [-0.2, -0.15) is 0 Å². The Morgan fingerprint density at radius 2 is 1.71 bits per heavy atom. The van der Waals surface area contributed by atoms with Gasteiger partial charge in [0.25, 0.3) is 0 Å². The van der Waals surface area contributed by atoms with E-state index in [-0.39, 0.29) is 0 Å². The van der Waals surface area contributed by atoms with Crippen LogP contribution in [0.25, 0.3) is 0 Å². The Morgan fingerprint density at radius 1 is 1.21 bits per heavy atom. The number of nitrogens with zero attached hydrogens (tertiary/aromatic N) is 1. The SMILES string of the molecule is O=[N+]([O-])[C@@H](Cl)[C@@H](Cl)c1ccc(Cl)cc1. The molecular weight excluding hydrogens is 248 g/mol. The second-order valence-corrected chi connectivity index (χ2v) is 3.97. The number of nitro groups is 1. The number of benzene rings is 1. The van der Waals surface area contributed by atoms with Crippen molar-refractivity contribution in [1.82, 2.24) is 0 Å². The maximum Gasteiger partial charge on any atom is 0.306 e. The lowest BCUT2D eigenvalue weighted by Gasteiger charge is -2.09. The van der Waals surface area contributed by atoms with Crippen molar-refractivity contribution in [3.05, 3.63) is 45.0 Å². The predicted molar refractivity (Wildman–Crippen MR) is 56.7 cm³/mol. The molecule has 0 spiro atoms. The van der Waals surface area contributed by atoms with Crippen LogP contribution in [0.1, 0.15) is 10.9 Å². The van der Waals surface area contributed by atoms with Crippen LogP contribution in [-0.4, -0.2) is 10.4 Å². The first-order valence-corrected chi connectivity index (χ1v) is 4.94. The molecule has 0 saturated heterocycles.